The van der Waals surface area contributed by atoms with Gasteiger partial charge in [0.1, 0.15) is 0 Å². The van der Waals surface area contributed by atoms with Gasteiger partial charge in [0.05, 0.1) is 0 Å². The predicted molar refractivity (Wildman–Crippen MR) is 69.1 cm³/mol. The molecule has 0 unspecified atom stereocenters. The van der Waals surface area contributed by atoms with E-state index in [1.165, 1.54) is 0 Å². The summed E-state index contributed by atoms with van der Waals surface area (Å²) in [6, 6.07) is 0. The average molecular weight is 226 g/mol. The first-order valence-corrected chi connectivity index (χ1v) is 5.62. The van der Waals surface area contributed by atoms with Crippen LogP contribution in [0.1, 0.15) is 34.1 Å². The van der Waals surface area contributed by atoms with E-state index >= 15 is 0 Å². The summed E-state index contributed by atoms with van der Waals surface area (Å²) in [5.41, 5.74) is -0.429. The summed E-state index contributed by atoms with van der Waals surface area (Å²) >= 11 is 0. The summed E-state index contributed by atoms with van der Waals surface area (Å²) in [5, 5.41) is 0. The molecule has 0 aromatic rings. The minimum absolute atomic E-state index is 0.0725. The van der Waals surface area contributed by atoms with Gasteiger partial charge in [-0.1, -0.05) is 20.4 Å². The largest absolute Gasteiger partial charge is 0.376 e. The molecule has 0 aromatic carbocycles. The topological polar surface area (TPSA) is 23.6 Å². The maximum Gasteiger partial charge on any atom is 0.227 e. The van der Waals surface area contributed by atoms with Crippen LogP contribution in [0.5, 0.6) is 0 Å². The van der Waals surface area contributed by atoms with Crippen molar-refractivity contribution >= 4 is 5.91 Å². The predicted octanol–water partition coefficient (Wildman–Crippen LogP) is 2.34. The van der Waals surface area contributed by atoms with Gasteiger partial charge in [0.25, 0.3) is 0 Å². The van der Waals surface area contributed by atoms with Crippen molar-refractivity contribution in [3.63, 3.8) is 0 Å². The van der Waals surface area contributed by atoms with Crippen LogP contribution in [-0.2, 0) is 4.79 Å². The molecular weight excluding hydrogens is 200 g/mol. The van der Waals surface area contributed by atoms with Gasteiger partial charge in [0.15, 0.2) is 0 Å². The zero-order valence-corrected chi connectivity index (χ0v) is 11.8. The molecule has 94 valence electrons. The summed E-state index contributed by atoms with van der Waals surface area (Å²) < 4.78 is 0. The molecule has 0 spiro atoms. The van der Waals surface area contributed by atoms with Crippen molar-refractivity contribution < 1.29 is 4.79 Å². The standard InChI is InChI=1S/C13H26N2O/c1-9-15(8)13(4,5)10-12(2,3)11(16)14(6)7/h9H,1,10H2,2-8H3. The lowest BCUT2D eigenvalue weighted by molar-refractivity contribution is -0.139. The number of nitrogens with zero attached hydrogens (tertiary/aromatic N) is 2. The number of amides is 1. The van der Waals surface area contributed by atoms with E-state index in [0.717, 1.165) is 6.42 Å². The van der Waals surface area contributed by atoms with Crippen molar-refractivity contribution in [1.29, 1.82) is 0 Å². The van der Waals surface area contributed by atoms with E-state index in [9.17, 15) is 4.79 Å². The van der Waals surface area contributed by atoms with Gasteiger partial charge in [0, 0.05) is 32.1 Å². The molecule has 0 atom stereocenters. The highest BCUT2D eigenvalue weighted by molar-refractivity contribution is 5.81. The normalized spacial score (nSPS) is 12.2. The Kier molecular flexibility index (Phi) is 4.59. The SMILES string of the molecule is C=CN(C)C(C)(C)CC(C)(C)C(=O)N(C)C. The quantitative estimate of drug-likeness (QED) is 0.718. The molecule has 3 heteroatoms. The van der Waals surface area contributed by atoms with Crippen molar-refractivity contribution in [1.82, 2.24) is 9.80 Å². The van der Waals surface area contributed by atoms with Gasteiger partial charge in [-0.2, -0.15) is 0 Å². The molecule has 16 heavy (non-hydrogen) atoms. The summed E-state index contributed by atoms with van der Waals surface area (Å²) in [4.78, 5) is 15.7. The van der Waals surface area contributed by atoms with E-state index in [1.807, 2.05) is 20.9 Å². The van der Waals surface area contributed by atoms with Gasteiger partial charge in [-0.25, -0.2) is 0 Å². The van der Waals surface area contributed by atoms with Gasteiger partial charge in [0.2, 0.25) is 5.91 Å². The molecule has 0 aromatic heterocycles. The van der Waals surface area contributed by atoms with Crippen molar-refractivity contribution in [2.45, 2.75) is 39.7 Å². The highest BCUT2D eigenvalue weighted by Gasteiger charge is 2.36. The van der Waals surface area contributed by atoms with E-state index < -0.39 is 0 Å². The van der Waals surface area contributed by atoms with E-state index in [4.69, 9.17) is 0 Å². The first-order chi connectivity index (χ1) is 7.04. The first-order valence-electron chi connectivity index (χ1n) is 5.62. The van der Waals surface area contributed by atoms with Crippen molar-refractivity contribution in [3.05, 3.63) is 12.8 Å². The Hall–Kier alpha value is -0.990. The molecule has 0 saturated carbocycles. The second kappa shape index (κ2) is 4.89. The minimum atomic E-state index is -0.357. The number of hydrogen-bond acceptors (Lipinski definition) is 2. The lowest BCUT2D eigenvalue weighted by Gasteiger charge is -2.41. The van der Waals surface area contributed by atoms with E-state index in [1.54, 1.807) is 25.2 Å². The van der Waals surface area contributed by atoms with Gasteiger partial charge in [-0.15, -0.1) is 0 Å². The average Bonchev–Trinajstić information content (AvgIpc) is 2.13. The molecule has 0 saturated heterocycles. The molecule has 0 aliphatic rings. The van der Waals surface area contributed by atoms with E-state index in [2.05, 4.69) is 25.3 Å². The zero-order chi connectivity index (χ0) is 13.1. The van der Waals surface area contributed by atoms with Crippen molar-refractivity contribution in [2.75, 3.05) is 21.1 Å². The summed E-state index contributed by atoms with van der Waals surface area (Å²) in [5.74, 6) is 0.165. The van der Waals surface area contributed by atoms with Crippen LogP contribution in [0.25, 0.3) is 0 Å². The third-order valence-electron chi connectivity index (χ3n) is 3.09. The Balaban J connectivity index is 4.82. The van der Waals surface area contributed by atoms with Crippen molar-refractivity contribution in [2.24, 2.45) is 5.41 Å². The summed E-state index contributed by atoms with van der Waals surface area (Å²) in [6.07, 6.45) is 2.59. The van der Waals surface area contributed by atoms with Crippen LogP contribution in [0.4, 0.5) is 0 Å². The maximum atomic E-state index is 12.0. The van der Waals surface area contributed by atoms with Crippen LogP contribution in [0.2, 0.25) is 0 Å². The maximum absolute atomic E-state index is 12.0. The lowest BCUT2D eigenvalue weighted by Crippen LogP contribution is -2.46. The number of carbonyl (C=O) groups excluding carboxylic acids is 1. The summed E-state index contributed by atoms with van der Waals surface area (Å²) in [6.45, 7) is 12.0. The lowest BCUT2D eigenvalue weighted by atomic mass is 9.78. The Morgan fingerprint density at radius 1 is 1.19 bits per heavy atom. The molecule has 0 rings (SSSR count). The molecule has 0 aliphatic heterocycles. The third-order valence-corrected chi connectivity index (χ3v) is 3.09. The van der Waals surface area contributed by atoms with Gasteiger partial charge in [-0.05, 0) is 26.5 Å². The number of carbonyl (C=O) groups is 1. The van der Waals surface area contributed by atoms with E-state index in [0.29, 0.717) is 0 Å². The van der Waals surface area contributed by atoms with Gasteiger partial charge < -0.3 is 9.80 Å². The van der Waals surface area contributed by atoms with Gasteiger partial charge >= 0.3 is 0 Å². The Morgan fingerprint density at radius 3 is 1.94 bits per heavy atom. The van der Waals surface area contributed by atoms with Gasteiger partial charge in [-0.3, -0.25) is 4.79 Å². The molecule has 1 amide bonds. The molecule has 0 heterocycles. The fourth-order valence-electron chi connectivity index (χ4n) is 2.13. The zero-order valence-electron chi connectivity index (χ0n) is 11.8. The highest BCUT2D eigenvalue weighted by atomic mass is 16.2. The van der Waals surface area contributed by atoms with Crippen molar-refractivity contribution in [3.8, 4) is 0 Å². The molecule has 0 fully saturated rings. The van der Waals surface area contributed by atoms with Crippen LogP contribution in [-0.4, -0.2) is 42.4 Å². The molecule has 0 radical (unpaired) electrons. The van der Waals surface area contributed by atoms with Crippen LogP contribution in [0, 0.1) is 5.41 Å². The fourth-order valence-corrected chi connectivity index (χ4v) is 2.13. The molecule has 3 nitrogen and oxygen atoms in total. The molecule has 0 bridgehead atoms. The Morgan fingerprint density at radius 2 is 1.62 bits per heavy atom. The van der Waals surface area contributed by atoms with E-state index in [-0.39, 0.29) is 16.9 Å². The third kappa shape index (κ3) is 3.54. The molecular formula is C13H26N2O. The van der Waals surface area contributed by atoms with Crippen LogP contribution in [0.3, 0.4) is 0 Å². The second-order valence-corrected chi connectivity index (χ2v) is 5.87. The summed E-state index contributed by atoms with van der Waals surface area (Å²) in [7, 11) is 5.59. The molecule has 0 aliphatic carbocycles. The van der Waals surface area contributed by atoms with Crippen LogP contribution >= 0.6 is 0 Å². The Bertz CT molecular complexity index is 267. The highest BCUT2D eigenvalue weighted by Crippen LogP contribution is 2.32. The minimum Gasteiger partial charge on any atom is -0.376 e. The smallest absolute Gasteiger partial charge is 0.227 e. The molecule has 0 N–H and O–H groups in total. The number of rotatable bonds is 5. The first kappa shape index (κ1) is 15.0. The second-order valence-electron chi connectivity index (χ2n) is 5.87. The van der Waals surface area contributed by atoms with Crippen LogP contribution < -0.4 is 0 Å². The van der Waals surface area contributed by atoms with Crippen LogP contribution in [0.15, 0.2) is 12.8 Å². The Labute approximate surface area is 100 Å². The fraction of sp³-hybridized carbons (Fsp3) is 0.769. The monoisotopic (exact) mass is 226 g/mol. The number of hydrogen-bond donors (Lipinski definition) is 0.